The number of nitrogens with two attached hydrogens (primary N) is 2. The number of carbonyl (C=O) groups excluding carboxylic acids is 1. The van der Waals surface area contributed by atoms with E-state index < -0.39 is 76.7 Å². The van der Waals surface area contributed by atoms with Crippen LogP contribution in [0.2, 0.25) is 0 Å². The highest BCUT2D eigenvalue weighted by atomic mass is 32.7. The standard InChI is InChI=1S/C53H58BF2N13O12P2S/c1-2-40(70)66-23-33-7-3-4-8-34(33)43-46(35-9-5-6-10-37(35)66)69(65-64-43)17-18-73-19-20-74-21-22-75-24-31-11-13-32(14-12-31)27-84-83(72)77-26-39-47(41(55)52(79-39)68-30-63-45-49(58)60-28-61-51(45)68)80-82(54,71)76-25-38-48(81-83)42(56)53(78-38)67-29-62-44-36(57)15-16-59-50(44)67/h3-16,28-30,38-39,41-42,47-48,52-53H,2,17-27,54H2,1H3,(H2,57,59)(H2,58,60,61)/t38-,39-,41-,42-,47-,48-,52-,53-,82-,83+/m1/s1. The van der Waals surface area contributed by atoms with Gasteiger partial charge in [0.2, 0.25) is 5.91 Å². The zero-order valence-corrected chi connectivity index (χ0v) is 48.1. The van der Waals surface area contributed by atoms with E-state index in [2.05, 4.69) is 35.2 Å². The van der Waals surface area contributed by atoms with Crippen molar-refractivity contribution in [2.24, 2.45) is 0 Å². The van der Waals surface area contributed by atoms with Crippen LogP contribution in [0.15, 0.2) is 104 Å². The number of halogens is 2. The number of hydrogen-bond acceptors (Lipinski definition) is 22. The van der Waals surface area contributed by atoms with E-state index in [1.165, 1.54) is 34.3 Å². The molecule has 25 nitrogen and oxygen atoms in total. The van der Waals surface area contributed by atoms with Crippen molar-refractivity contribution < 1.29 is 64.5 Å². The zero-order valence-electron chi connectivity index (χ0n) is 45.5. The number of ether oxygens (including phenoxy) is 5. The summed E-state index contributed by atoms with van der Waals surface area (Å²) in [6.07, 6.45) is -7.38. The van der Waals surface area contributed by atoms with Gasteiger partial charge >= 0.3 is 6.80 Å². The quantitative estimate of drug-likeness (QED) is 0.0530. The third-order valence-electron chi connectivity index (χ3n) is 14.7. The minimum absolute atomic E-state index is 0.0233. The van der Waals surface area contributed by atoms with E-state index in [4.69, 9.17) is 53.2 Å². The molecule has 440 valence electrons. The minimum atomic E-state index is -4.49. The fourth-order valence-electron chi connectivity index (χ4n) is 10.5. The van der Waals surface area contributed by atoms with E-state index in [9.17, 15) is 9.36 Å². The van der Waals surface area contributed by atoms with Gasteiger partial charge in [-0.1, -0.05) is 78.9 Å². The number of aromatic nitrogens is 10. The van der Waals surface area contributed by atoms with Gasteiger partial charge < -0.3 is 49.1 Å². The predicted octanol–water partition coefficient (Wildman–Crippen LogP) is 6.94. The Labute approximate surface area is 484 Å². The lowest BCUT2D eigenvalue weighted by atomic mass is 9.95. The predicted molar refractivity (Wildman–Crippen MR) is 306 cm³/mol. The molecular formula is C53H58BF2N13O12P2S. The maximum Gasteiger partial charge on any atom is 0.389 e. The Bertz CT molecular complexity index is 3780. The molecule has 3 fully saturated rings. The first-order valence-corrected chi connectivity index (χ1v) is 32.2. The number of carbonyl (C=O) groups is 1. The molecule has 3 saturated heterocycles. The molecule has 31 heteroatoms. The van der Waals surface area contributed by atoms with Gasteiger partial charge in [-0.15, -0.1) is 5.10 Å². The van der Waals surface area contributed by atoms with Gasteiger partial charge in [-0.2, -0.15) is 0 Å². The maximum atomic E-state index is 17.0. The lowest BCUT2D eigenvalue weighted by Crippen LogP contribution is -2.37. The van der Waals surface area contributed by atoms with Gasteiger partial charge in [0.1, 0.15) is 47.5 Å². The second kappa shape index (κ2) is 24.8. The number of para-hydroxylation sites is 1. The molecule has 0 spiro atoms. The fourth-order valence-corrected chi connectivity index (χ4v) is 15.0. The Hall–Kier alpha value is -6.59. The van der Waals surface area contributed by atoms with E-state index in [0.29, 0.717) is 69.3 Å². The third-order valence-corrected chi connectivity index (χ3v) is 19.6. The lowest BCUT2D eigenvalue weighted by Gasteiger charge is -2.30. The molecule has 4 aliphatic rings. The average Bonchev–Trinajstić information content (AvgIpc) is 2.24. The smallest absolute Gasteiger partial charge is 0.389 e. The monoisotopic (exact) mass is 1210 g/mol. The van der Waals surface area contributed by atoms with Crippen LogP contribution in [-0.4, -0.2) is 146 Å². The number of hydrogen-bond donors (Lipinski definition) is 2. The number of anilines is 3. The summed E-state index contributed by atoms with van der Waals surface area (Å²) in [6, 6.07) is 24.7. The summed E-state index contributed by atoms with van der Waals surface area (Å²) in [7, 11) is -3.05. The Morgan fingerprint density at radius 1 is 0.750 bits per heavy atom. The van der Waals surface area contributed by atoms with Crippen molar-refractivity contribution in [2.45, 2.75) is 88.0 Å². The second-order valence-corrected chi connectivity index (χ2v) is 26.2. The molecule has 9 heterocycles. The third kappa shape index (κ3) is 11.9. The van der Waals surface area contributed by atoms with Crippen molar-refractivity contribution >= 4 is 78.6 Å². The van der Waals surface area contributed by atoms with Crippen LogP contribution in [0.25, 0.3) is 44.8 Å². The first kappa shape index (κ1) is 57.8. The molecule has 1 amide bonds. The Kier molecular flexibility index (Phi) is 17.1. The van der Waals surface area contributed by atoms with Crippen molar-refractivity contribution in [1.82, 2.24) is 49.0 Å². The summed E-state index contributed by atoms with van der Waals surface area (Å²) in [4.78, 5) is 36.1. The molecule has 10 atom stereocenters. The number of nitrogens with zero attached hydrogens (tertiary/aromatic N) is 11. The molecule has 5 aromatic heterocycles. The highest BCUT2D eigenvalue weighted by molar-refractivity contribution is 8.54. The van der Waals surface area contributed by atoms with E-state index >= 15 is 13.3 Å². The Balaban J connectivity index is 0.658. The van der Waals surface area contributed by atoms with Crippen LogP contribution < -0.4 is 16.4 Å². The van der Waals surface area contributed by atoms with Gasteiger partial charge in [-0.05, 0) is 40.2 Å². The summed E-state index contributed by atoms with van der Waals surface area (Å²) in [5.41, 5.74) is 20.0. The molecule has 0 radical (unpaired) electrons. The lowest BCUT2D eigenvalue weighted by molar-refractivity contribution is -0.118. The zero-order chi connectivity index (χ0) is 58.1. The van der Waals surface area contributed by atoms with Crippen LogP contribution in [0.4, 0.5) is 26.0 Å². The van der Waals surface area contributed by atoms with Gasteiger partial charge in [0.05, 0.1) is 95.7 Å². The highest BCUT2D eigenvalue weighted by Crippen LogP contribution is 2.65. The average molecular weight is 1210 g/mol. The van der Waals surface area contributed by atoms with Crippen molar-refractivity contribution in [2.75, 3.05) is 62.6 Å². The molecule has 4 N–H and O–H groups in total. The highest BCUT2D eigenvalue weighted by Gasteiger charge is 2.55. The summed E-state index contributed by atoms with van der Waals surface area (Å²) in [5.74, 6) is 0.123. The summed E-state index contributed by atoms with van der Waals surface area (Å²) < 4.78 is 121. The normalized spacial score (nSPS) is 26.1. The van der Waals surface area contributed by atoms with Gasteiger partial charge in [-0.25, -0.2) is 42.9 Å². The number of pyridine rings is 1. The van der Waals surface area contributed by atoms with E-state index in [1.54, 1.807) is 6.07 Å². The Morgan fingerprint density at radius 2 is 1.39 bits per heavy atom. The van der Waals surface area contributed by atoms with Crippen molar-refractivity contribution in [3.63, 3.8) is 0 Å². The molecule has 0 saturated carbocycles. The first-order valence-electron chi connectivity index (χ1n) is 27.1. The van der Waals surface area contributed by atoms with E-state index in [0.717, 1.165) is 58.3 Å². The van der Waals surface area contributed by atoms with Crippen LogP contribution in [-0.2, 0) is 81.2 Å². The number of amides is 1. The largest absolute Gasteiger partial charge is 0.397 e. The SMILES string of the molecule is B[P@@]1(=O)OC[C@H]2O[C@@H](n3cnc4c(N)ccnc43)[C@H](F)[C@@H]2O[P@@](=O)(SCc2ccc(COCCOCCOCCn3nnc4c3-c3ccccc3N(C(=O)CC)Cc3ccccc3-4)cc2)OC[C@H]2O[C@@H](n3cnc4c(N)ncnc43)[C@H](F)[C@@H]2O1. The van der Waals surface area contributed by atoms with E-state index in [-0.39, 0.29) is 40.9 Å². The van der Waals surface area contributed by atoms with Gasteiger partial charge in [0.25, 0.3) is 15.0 Å². The van der Waals surface area contributed by atoms with Crippen LogP contribution in [0.5, 0.6) is 0 Å². The molecular weight excluding hydrogens is 1150 g/mol. The van der Waals surface area contributed by atoms with Gasteiger partial charge in [0, 0.05) is 29.5 Å². The van der Waals surface area contributed by atoms with Gasteiger partial charge in [-0.3, -0.25) is 27.5 Å². The molecule has 0 aliphatic carbocycles. The molecule has 0 unspecified atom stereocenters. The molecule has 3 aromatic carbocycles. The molecule has 4 aliphatic heterocycles. The van der Waals surface area contributed by atoms with E-state index in [1.807, 2.05) is 89.3 Å². The molecule has 84 heavy (non-hydrogen) atoms. The van der Waals surface area contributed by atoms with Crippen molar-refractivity contribution in [3.8, 4) is 22.5 Å². The Morgan fingerprint density at radius 3 is 2.14 bits per heavy atom. The summed E-state index contributed by atoms with van der Waals surface area (Å²) in [6.45, 7) is -1.05. The molecule has 0 bridgehead atoms. The maximum absolute atomic E-state index is 17.0. The minimum Gasteiger partial charge on any atom is -0.397 e. The second-order valence-electron chi connectivity index (χ2n) is 20.2. The number of fused-ring (bicyclic) bond motifs is 9. The number of rotatable bonds is 17. The molecule has 8 aromatic rings. The van der Waals surface area contributed by atoms with Crippen LogP contribution >= 0.6 is 25.7 Å². The van der Waals surface area contributed by atoms with Crippen LogP contribution in [0, 0.1) is 0 Å². The number of alkyl halides is 2. The van der Waals surface area contributed by atoms with Crippen molar-refractivity contribution in [3.05, 3.63) is 121 Å². The molecule has 12 rings (SSSR count). The fraction of sp³-hybridized carbons (Fsp3) is 0.396. The number of nitrogen functional groups attached to an aromatic ring is 2. The number of imidazole rings is 2. The summed E-state index contributed by atoms with van der Waals surface area (Å²) in [5, 5.41) is 9.14. The van der Waals surface area contributed by atoms with Gasteiger partial charge in [0.15, 0.2) is 41.9 Å². The number of benzene rings is 3. The van der Waals surface area contributed by atoms with Crippen LogP contribution in [0.1, 0.15) is 42.5 Å². The van der Waals surface area contributed by atoms with Crippen LogP contribution in [0.3, 0.4) is 0 Å². The summed E-state index contributed by atoms with van der Waals surface area (Å²) >= 11 is 0.769. The van der Waals surface area contributed by atoms with Crippen molar-refractivity contribution in [1.29, 1.82) is 0 Å². The first-order chi connectivity index (χ1) is 40.8. The topological polar surface area (TPSA) is 295 Å².